The number of carbonyl (C=O) groups excluding carboxylic acids is 4. The smallest absolute Gasteiger partial charge is 0.326 e. The van der Waals surface area contributed by atoms with E-state index in [4.69, 9.17) is 22.9 Å². The third-order valence-corrected chi connectivity index (χ3v) is 5.91. The molecule has 1 aromatic carbocycles. The molecule has 0 spiro atoms. The number of hydrogen-bond acceptors (Lipinski definition) is 9. The van der Waals surface area contributed by atoms with Crippen LogP contribution in [0.25, 0.3) is 0 Å². The Kier molecular flexibility index (Phi) is 15.1. The molecule has 218 valence electrons. The fourth-order valence-electron chi connectivity index (χ4n) is 3.70. The highest BCUT2D eigenvalue weighted by molar-refractivity contribution is 5.96. The Morgan fingerprint density at radius 3 is 1.79 bits per heavy atom. The summed E-state index contributed by atoms with van der Waals surface area (Å²) in [5.41, 5.74) is 22.6. The van der Waals surface area contributed by atoms with Gasteiger partial charge in [-0.25, -0.2) is 4.79 Å². The molecule has 0 bridgehead atoms. The van der Waals surface area contributed by atoms with Gasteiger partial charge in [-0.3, -0.25) is 19.2 Å². The summed E-state index contributed by atoms with van der Waals surface area (Å²) in [7, 11) is 0. The van der Waals surface area contributed by atoms with Gasteiger partial charge >= 0.3 is 5.97 Å². The van der Waals surface area contributed by atoms with E-state index in [0.717, 1.165) is 0 Å². The monoisotopic (exact) mass is 551 g/mol. The first-order valence-corrected chi connectivity index (χ1v) is 12.8. The van der Waals surface area contributed by atoms with Crippen molar-refractivity contribution >= 4 is 29.6 Å². The number of aliphatic carboxylic acids is 1. The van der Waals surface area contributed by atoms with Crippen LogP contribution < -0.4 is 38.9 Å². The van der Waals surface area contributed by atoms with Crippen LogP contribution in [-0.2, 0) is 30.4 Å². The Balaban J connectivity index is 3.10. The third kappa shape index (κ3) is 13.0. The van der Waals surface area contributed by atoms with E-state index in [-0.39, 0.29) is 18.6 Å². The molecule has 0 radical (unpaired) electrons. The number of nitrogens with two attached hydrogens (primary N) is 4. The lowest BCUT2D eigenvalue weighted by molar-refractivity contribution is -0.142. The van der Waals surface area contributed by atoms with E-state index in [9.17, 15) is 34.2 Å². The van der Waals surface area contributed by atoms with Crippen molar-refractivity contribution < 1.29 is 34.2 Å². The van der Waals surface area contributed by atoms with Gasteiger partial charge < -0.3 is 49.1 Å². The molecular weight excluding hydrogens is 510 g/mol. The number of carbonyl (C=O) groups is 5. The number of nitrogens with one attached hydrogen (secondary N) is 3. The van der Waals surface area contributed by atoms with Crippen LogP contribution in [-0.4, -0.2) is 77.1 Å². The number of phenols is 1. The molecule has 0 aliphatic heterocycles. The summed E-state index contributed by atoms with van der Waals surface area (Å²) in [6.45, 7) is 0.796. The van der Waals surface area contributed by atoms with E-state index in [1.54, 1.807) is 0 Å². The van der Waals surface area contributed by atoms with Crippen molar-refractivity contribution in [3.63, 3.8) is 0 Å². The second-order valence-corrected chi connectivity index (χ2v) is 9.24. The maximum absolute atomic E-state index is 13.1. The van der Waals surface area contributed by atoms with Crippen molar-refractivity contribution in [3.05, 3.63) is 29.8 Å². The standard InChI is InChI=1S/C25H41N7O7/c26-11-3-1-5-17(28)22(35)31-20(14-21(29)34)24(37)32-19(13-15-7-9-16(33)10-8-15)23(36)30-18(25(38)39)6-2-4-12-27/h7-10,17-20,33H,1-6,11-14,26-28H2,(H2,29,34)(H,30,36)(H,31,35)(H,32,37)(H,38,39). The molecule has 4 atom stereocenters. The summed E-state index contributed by atoms with van der Waals surface area (Å²) in [5, 5.41) is 26.4. The van der Waals surface area contributed by atoms with Gasteiger partial charge in [0.25, 0.3) is 0 Å². The number of amides is 4. The molecule has 0 fully saturated rings. The number of rotatable bonds is 19. The number of aromatic hydroxyl groups is 1. The van der Waals surface area contributed by atoms with Crippen molar-refractivity contribution in [2.24, 2.45) is 22.9 Å². The van der Waals surface area contributed by atoms with Crippen molar-refractivity contribution in [2.45, 2.75) is 75.5 Å². The highest BCUT2D eigenvalue weighted by Gasteiger charge is 2.31. The number of benzene rings is 1. The minimum atomic E-state index is -1.43. The van der Waals surface area contributed by atoms with Crippen LogP contribution in [0.5, 0.6) is 5.75 Å². The van der Waals surface area contributed by atoms with E-state index in [1.807, 2.05) is 0 Å². The van der Waals surface area contributed by atoms with Gasteiger partial charge in [-0.05, 0) is 62.9 Å². The van der Waals surface area contributed by atoms with Crippen LogP contribution in [0.1, 0.15) is 50.5 Å². The van der Waals surface area contributed by atoms with E-state index < -0.39 is 60.2 Å². The molecule has 4 unspecified atom stereocenters. The lowest BCUT2D eigenvalue weighted by Crippen LogP contribution is -2.58. The summed E-state index contributed by atoms with van der Waals surface area (Å²) in [5.74, 6) is -4.50. The summed E-state index contributed by atoms with van der Waals surface area (Å²) in [6.07, 6.45) is 2.06. The summed E-state index contributed by atoms with van der Waals surface area (Å²) < 4.78 is 0. The normalized spacial score (nSPS) is 13.9. The molecule has 14 nitrogen and oxygen atoms in total. The molecule has 14 heteroatoms. The van der Waals surface area contributed by atoms with Crippen LogP contribution >= 0.6 is 0 Å². The summed E-state index contributed by atoms with van der Waals surface area (Å²) in [6, 6.07) is 0.940. The van der Waals surface area contributed by atoms with E-state index in [0.29, 0.717) is 50.8 Å². The lowest BCUT2D eigenvalue weighted by Gasteiger charge is -2.25. The van der Waals surface area contributed by atoms with Crippen LogP contribution in [0, 0.1) is 0 Å². The van der Waals surface area contributed by atoms with Gasteiger partial charge in [0.2, 0.25) is 23.6 Å². The molecular formula is C25H41N7O7. The fraction of sp³-hybridized carbons (Fsp3) is 0.560. The zero-order chi connectivity index (χ0) is 29.4. The minimum Gasteiger partial charge on any atom is -0.508 e. The van der Waals surface area contributed by atoms with Gasteiger partial charge in [-0.15, -0.1) is 0 Å². The predicted octanol–water partition coefficient (Wildman–Crippen LogP) is -2.07. The SMILES string of the molecule is NCCCCC(N)C(=O)NC(CC(N)=O)C(=O)NC(Cc1ccc(O)cc1)C(=O)NC(CCCCN)C(=O)O. The Hall–Kier alpha value is -3.75. The summed E-state index contributed by atoms with van der Waals surface area (Å²) in [4.78, 5) is 62.2. The molecule has 39 heavy (non-hydrogen) atoms. The second kappa shape index (κ2) is 17.7. The molecule has 4 amide bonds. The Labute approximate surface area is 227 Å². The van der Waals surface area contributed by atoms with Crippen molar-refractivity contribution in [2.75, 3.05) is 13.1 Å². The number of carboxylic acid groups (broad SMARTS) is 1. The zero-order valence-corrected chi connectivity index (χ0v) is 21.9. The maximum Gasteiger partial charge on any atom is 0.326 e. The van der Waals surface area contributed by atoms with Gasteiger partial charge in [0.15, 0.2) is 0 Å². The average molecular weight is 552 g/mol. The van der Waals surface area contributed by atoms with Crippen LogP contribution in [0.15, 0.2) is 24.3 Å². The average Bonchev–Trinajstić information content (AvgIpc) is 2.88. The maximum atomic E-state index is 13.1. The van der Waals surface area contributed by atoms with Crippen molar-refractivity contribution in [1.82, 2.24) is 16.0 Å². The minimum absolute atomic E-state index is 0.0123. The quantitative estimate of drug-likeness (QED) is 0.0848. The van der Waals surface area contributed by atoms with Gasteiger partial charge in [-0.2, -0.15) is 0 Å². The second-order valence-electron chi connectivity index (χ2n) is 9.24. The molecule has 0 aromatic heterocycles. The van der Waals surface area contributed by atoms with E-state index in [1.165, 1.54) is 24.3 Å². The molecule has 0 aliphatic rings. The molecule has 0 aliphatic carbocycles. The van der Waals surface area contributed by atoms with Crippen molar-refractivity contribution in [3.8, 4) is 5.75 Å². The Bertz CT molecular complexity index is 959. The van der Waals surface area contributed by atoms with Crippen LogP contribution in [0.3, 0.4) is 0 Å². The Morgan fingerprint density at radius 2 is 1.26 bits per heavy atom. The fourth-order valence-corrected chi connectivity index (χ4v) is 3.70. The lowest BCUT2D eigenvalue weighted by atomic mass is 10.0. The topological polar surface area (TPSA) is 266 Å². The number of unbranched alkanes of at least 4 members (excludes halogenated alkanes) is 2. The molecule has 13 N–H and O–H groups in total. The molecule has 0 saturated carbocycles. The highest BCUT2D eigenvalue weighted by Crippen LogP contribution is 2.12. The molecule has 0 saturated heterocycles. The first-order chi connectivity index (χ1) is 18.5. The summed E-state index contributed by atoms with van der Waals surface area (Å²) >= 11 is 0. The highest BCUT2D eigenvalue weighted by atomic mass is 16.4. The first kappa shape index (κ1) is 33.3. The van der Waals surface area contributed by atoms with Gasteiger partial charge in [-0.1, -0.05) is 18.6 Å². The third-order valence-electron chi connectivity index (χ3n) is 5.91. The zero-order valence-electron chi connectivity index (χ0n) is 21.9. The molecule has 1 aromatic rings. The van der Waals surface area contributed by atoms with E-state index >= 15 is 0 Å². The number of carboxylic acids is 1. The largest absolute Gasteiger partial charge is 0.508 e. The predicted molar refractivity (Wildman–Crippen MR) is 143 cm³/mol. The van der Waals surface area contributed by atoms with Crippen LogP contribution in [0.2, 0.25) is 0 Å². The van der Waals surface area contributed by atoms with Crippen LogP contribution in [0.4, 0.5) is 0 Å². The molecule has 1 rings (SSSR count). The molecule has 0 heterocycles. The first-order valence-electron chi connectivity index (χ1n) is 12.8. The number of primary amides is 1. The Morgan fingerprint density at radius 1 is 0.744 bits per heavy atom. The van der Waals surface area contributed by atoms with Gasteiger partial charge in [0, 0.05) is 6.42 Å². The van der Waals surface area contributed by atoms with E-state index in [2.05, 4.69) is 16.0 Å². The van der Waals surface area contributed by atoms with Crippen molar-refractivity contribution in [1.29, 1.82) is 0 Å². The van der Waals surface area contributed by atoms with Gasteiger partial charge in [0.05, 0.1) is 12.5 Å². The number of phenolic OH excluding ortho intramolecular Hbond substituents is 1. The van der Waals surface area contributed by atoms with Gasteiger partial charge in [0.1, 0.15) is 23.9 Å². The number of hydrogen-bond donors (Lipinski definition) is 9.